The Hall–Kier alpha value is -4.34. The van der Waals surface area contributed by atoms with Crippen molar-refractivity contribution >= 4 is 23.7 Å². The highest BCUT2D eigenvalue weighted by atomic mass is 16.6. The molecule has 0 bridgehead atoms. The summed E-state index contributed by atoms with van der Waals surface area (Å²) in [6, 6.07) is 10.9. The predicted octanol–water partition coefficient (Wildman–Crippen LogP) is 4.18. The normalized spacial score (nSPS) is 11.0. The number of carboxylic acid groups (broad SMARTS) is 1. The summed E-state index contributed by atoms with van der Waals surface area (Å²) in [6.45, 7) is 6.80. The molecule has 36 heavy (non-hydrogen) atoms. The Morgan fingerprint density at radius 2 is 1.86 bits per heavy atom. The van der Waals surface area contributed by atoms with E-state index >= 15 is 0 Å². The lowest BCUT2D eigenvalue weighted by molar-refractivity contribution is -0.117. The molecule has 2 amide bonds. The van der Waals surface area contributed by atoms with Crippen LogP contribution in [0.3, 0.4) is 0 Å². The van der Waals surface area contributed by atoms with Crippen LogP contribution in [0.2, 0.25) is 0 Å². The van der Waals surface area contributed by atoms with Gasteiger partial charge in [0.25, 0.3) is 0 Å². The molecule has 0 spiro atoms. The molecule has 0 atom stereocenters. The van der Waals surface area contributed by atoms with Crippen LogP contribution in [-0.2, 0) is 22.5 Å². The molecule has 0 aliphatic carbocycles. The predicted molar refractivity (Wildman–Crippen MR) is 133 cm³/mol. The zero-order chi connectivity index (χ0) is 26.3. The van der Waals surface area contributed by atoms with Gasteiger partial charge in [0.2, 0.25) is 5.91 Å². The summed E-state index contributed by atoms with van der Waals surface area (Å²) in [5, 5.41) is 12.2. The van der Waals surface area contributed by atoms with Gasteiger partial charge >= 0.3 is 12.1 Å². The van der Waals surface area contributed by atoms with Crippen LogP contribution < -0.4 is 5.32 Å². The van der Waals surface area contributed by atoms with E-state index in [1.807, 2.05) is 31.2 Å². The molecule has 3 aromatic rings. The fourth-order valence-electron chi connectivity index (χ4n) is 3.34. The van der Waals surface area contributed by atoms with Gasteiger partial charge in [-0.1, -0.05) is 31.2 Å². The third-order valence-corrected chi connectivity index (χ3v) is 5.02. The molecule has 0 unspecified atom stereocenters. The molecule has 10 heteroatoms. The van der Waals surface area contributed by atoms with Crippen molar-refractivity contribution in [2.24, 2.45) is 0 Å². The highest BCUT2D eigenvalue weighted by Crippen LogP contribution is 2.25. The van der Waals surface area contributed by atoms with Crippen molar-refractivity contribution < 1.29 is 24.2 Å². The van der Waals surface area contributed by atoms with Crippen LogP contribution >= 0.6 is 0 Å². The summed E-state index contributed by atoms with van der Waals surface area (Å²) < 4.78 is 5.44. The Labute approximate surface area is 209 Å². The highest BCUT2D eigenvalue weighted by molar-refractivity contribution is 6.01. The van der Waals surface area contributed by atoms with Crippen molar-refractivity contribution in [2.45, 2.75) is 46.3 Å². The highest BCUT2D eigenvalue weighted by Gasteiger charge is 2.25. The number of ether oxygens (including phenoxy) is 1. The third-order valence-electron chi connectivity index (χ3n) is 5.02. The summed E-state index contributed by atoms with van der Waals surface area (Å²) >= 11 is 0. The molecule has 10 nitrogen and oxygen atoms in total. The largest absolute Gasteiger partial charge is 0.476 e. The van der Waals surface area contributed by atoms with E-state index in [0.717, 1.165) is 17.5 Å². The lowest BCUT2D eigenvalue weighted by atomic mass is 10.0. The number of aryl methyl sites for hydroxylation is 1. The van der Waals surface area contributed by atoms with Gasteiger partial charge in [-0.05, 0) is 50.5 Å². The number of nitrogens with zero attached hydrogens (tertiary/aromatic N) is 4. The van der Waals surface area contributed by atoms with Gasteiger partial charge in [-0.25, -0.2) is 24.5 Å². The maximum absolute atomic E-state index is 13.0. The molecular formula is C26H29N5O5. The second-order valence-electron chi connectivity index (χ2n) is 9.06. The Balaban J connectivity index is 1.86. The van der Waals surface area contributed by atoms with Crippen molar-refractivity contribution in [1.82, 2.24) is 19.9 Å². The standard InChI is InChI=1S/C26H29N5O5/c1-5-17-7-6-8-18(11-17)19-12-21(23(24(33)34)28-13-19)30-22(32)15-31(25(35)36-26(2,3)4)14-20-9-10-27-16-29-20/h6-13,16H,5,14-15H2,1-4H3,(H,30,32)(H,33,34). The minimum absolute atomic E-state index is 0.00125. The molecule has 0 radical (unpaired) electrons. The van der Waals surface area contributed by atoms with Crippen LogP contribution in [0.4, 0.5) is 10.5 Å². The number of aromatic nitrogens is 3. The monoisotopic (exact) mass is 491 g/mol. The molecule has 0 aliphatic rings. The summed E-state index contributed by atoms with van der Waals surface area (Å²) in [7, 11) is 0. The number of anilines is 1. The molecule has 0 fully saturated rings. The quantitative estimate of drug-likeness (QED) is 0.479. The number of benzene rings is 1. The second-order valence-corrected chi connectivity index (χ2v) is 9.06. The molecule has 1 aromatic carbocycles. The minimum Gasteiger partial charge on any atom is -0.476 e. The van der Waals surface area contributed by atoms with Crippen molar-refractivity contribution in [3.8, 4) is 11.1 Å². The first-order valence-corrected chi connectivity index (χ1v) is 11.4. The first-order chi connectivity index (χ1) is 17.1. The van der Waals surface area contributed by atoms with E-state index in [1.54, 1.807) is 32.9 Å². The van der Waals surface area contributed by atoms with E-state index in [0.29, 0.717) is 11.3 Å². The van der Waals surface area contributed by atoms with Gasteiger partial charge in [0.15, 0.2) is 5.69 Å². The van der Waals surface area contributed by atoms with Crippen molar-refractivity contribution in [3.63, 3.8) is 0 Å². The average molecular weight is 492 g/mol. The van der Waals surface area contributed by atoms with Gasteiger partial charge in [-0.3, -0.25) is 9.69 Å². The van der Waals surface area contributed by atoms with E-state index in [9.17, 15) is 19.5 Å². The van der Waals surface area contributed by atoms with Gasteiger partial charge in [-0.15, -0.1) is 0 Å². The number of hydrogen-bond donors (Lipinski definition) is 2. The zero-order valence-corrected chi connectivity index (χ0v) is 20.7. The number of pyridine rings is 1. The van der Waals surface area contributed by atoms with E-state index in [2.05, 4.69) is 20.3 Å². The fraction of sp³-hybridized carbons (Fsp3) is 0.308. The summed E-state index contributed by atoms with van der Waals surface area (Å²) in [5.74, 6) is -1.90. The molecule has 0 saturated heterocycles. The number of rotatable bonds is 8. The topological polar surface area (TPSA) is 135 Å². The molecule has 2 aromatic heterocycles. The second kappa shape index (κ2) is 11.4. The maximum atomic E-state index is 13.0. The lowest BCUT2D eigenvalue weighted by Crippen LogP contribution is -2.41. The molecule has 0 aliphatic heterocycles. The third kappa shape index (κ3) is 7.33. The van der Waals surface area contributed by atoms with Crippen LogP contribution in [-0.4, -0.2) is 55.1 Å². The zero-order valence-electron chi connectivity index (χ0n) is 20.7. The first kappa shape index (κ1) is 26.3. The van der Waals surface area contributed by atoms with E-state index in [1.165, 1.54) is 23.6 Å². The molecular weight excluding hydrogens is 462 g/mol. The van der Waals surface area contributed by atoms with Gasteiger partial charge < -0.3 is 15.2 Å². The van der Waals surface area contributed by atoms with E-state index in [4.69, 9.17) is 4.74 Å². The molecule has 0 saturated carbocycles. The van der Waals surface area contributed by atoms with Crippen LogP contribution in [0, 0.1) is 0 Å². The maximum Gasteiger partial charge on any atom is 0.411 e. The SMILES string of the molecule is CCc1cccc(-c2cnc(C(=O)O)c(NC(=O)CN(Cc3ccncn3)C(=O)OC(C)(C)C)c2)c1. The van der Waals surface area contributed by atoms with Gasteiger partial charge in [0.1, 0.15) is 18.5 Å². The molecule has 188 valence electrons. The van der Waals surface area contributed by atoms with Gasteiger partial charge in [-0.2, -0.15) is 0 Å². The number of nitrogens with one attached hydrogen (secondary N) is 1. The van der Waals surface area contributed by atoms with Crippen molar-refractivity contribution in [1.29, 1.82) is 0 Å². The summed E-state index contributed by atoms with van der Waals surface area (Å²) in [5.41, 5.74) is 2.05. The lowest BCUT2D eigenvalue weighted by Gasteiger charge is -2.27. The number of amides is 2. The Bertz CT molecular complexity index is 1240. The summed E-state index contributed by atoms with van der Waals surface area (Å²) in [4.78, 5) is 50.8. The van der Waals surface area contributed by atoms with Crippen molar-refractivity contribution in [2.75, 3.05) is 11.9 Å². The minimum atomic E-state index is -1.29. The average Bonchev–Trinajstić information content (AvgIpc) is 2.83. The van der Waals surface area contributed by atoms with Gasteiger partial charge in [0.05, 0.1) is 17.9 Å². The number of hydrogen-bond acceptors (Lipinski definition) is 7. The van der Waals surface area contributed by atoms with Crippen LogP contribution in [0.15, 0.2) is 55.1 Å². The van der Waals surface area contributed by atoms with Crippen molar-refractivity contribution in [3.05, 3.63) is 72.1 Å². The Morgan fingerprint density at radius 3 is 2.50 bits per heavy atom. The van der Waals surface area contributed by atoms with Crippen LogP contribution in [0.1, 0.15) is 49.4 Å². The van der Waals surface area contributed by atoms with E-state index < -0.39 is 30.1 Å². The smallest absolute Gasteiger partial charge is 0.411 e. The molecule has 2 heterocycles. The van der Waals surface area contributed by atoms with Gasteiger partial charge in [0, 0.05) is 18.0 Å². The van der Waals surface area contributed by atoms with E-state index in [-0.39, 0.29) is 17.9 Å². The summed E-state index contributed by atoms with van der Waals surface area (Å²) in [6.07, 6.45) is 4.45. The molecule has 2 N–H and O–H groups in total. The first-order valence-electron chi connectivity index (χ1n) is 11.4. The Morgan fingerprint density at radius 1 is 1.08 bits per heavy atom. The Kier molecular flexibility index (Phi) is 8.31. The number of aromatic carboxylic acids is 1. The number of carbonyl (C=O) groups excluding carboxylic acids is 2. The fourth-order valence-corrected chi connectivity index (χ4v) is 3.34. The van der Waals surface area contributed by atoms with Crippen LogP contribution in [0.5, 0.6) is 0 Å². The number of carboxylic acids is 1. The number of carbonyl (C=O) groups is 3. The molecule has 3 rings (SSSR count). The van der Waals surface area contributed by atoms with Crippen LogP contribution in [0.25, 0.3) is 11.1 Å².